The summed E-state index contributed by atoms with van der Waals surface area (Å²) in [5, 5.41) is 0. The van der Waals surface area contributed by atoms with Crippen LogP contribution in [-0.4, -0.2) is 55.2 Å². The van der Waals surface area contributed by atoms with E-state index in [1.807, 2.05) is 0 Å². The van der Waals surface area contributed by atoms with E-state index < -0.39 is 0 Å². The van der Waals surface area contributed by atoms with Gasteiger partial charge in [0.2, 0.25) is 0 Å². The number of morpholine rings is 1. The Morgan fingerprint density at radius 3 is 2.31 bits per heavy atom. The van der Waals surface area contributed by atoms with E-state index in [4.69, 9.17) is 14.2 Å². The van der Waals surface area contributed by atoms with Crippen LogP contribution in [0.3, 0.4) is 0 Å². The molecule has 3 aliphatic rings. The van der Waals surface area contributed by atoms with Gasteiger partial charge in [-0.2, -0.15) is 0 Å². The van der Waals surface area contributed by atoms with Crippen molar-refractivity contribution in [2.24, 2.45) is 11.3 Å². The molecule has 1 spiro atoms. The van der Waals surface area contributed by atoms with Crippen molar-refractivity contribution in [2.45, 2.75) is 104 Å². The highest BCUT2D eigenvalue weighted by Gasteiger charge is 2.45. The number of hydrogen-bond acceptors (Lipinski definition) is 4. The highest BCUT2D eigenvalue weighted by atomic mass is 16.7. The van der Waals surface area contributed by atoms with E-state index >= 15 is 0 Å². The summed E-state index contributed by atoms with van der Waals surface area (Å²) >= 11 is 0. The molecule has 1 aliphatic carbocycles. The quantitative estimate of drug-likeness (QED) is 0.710. The minimum Gasteiger partial charge on any atom is -0.373 e. The summed E-state index contributed by atoms with van der Waals surface area (Å²) in [5.74, 6) is 0.507. The zero-order valence-corrected chi connectivity index (χ0v) is 17.8. The van der Waals surface area contributed by atoms with Gasteiger partial charge in [0.25, 0.3) is 0 Å². The van der Waals surface area contributed by atoms with Gasteiger partial charge < -0.3 is 14.2 Å². The summed E-state index contributed by atoms with van der Waals surface area (Å²) in [6.07, 6.45) is 9.19. The molecular weight excluding hydrogens is 326 g/mol. The van der Waals surface area contributed by atoms with Gasteiger partial charge in [0, 0.05) is 32.5 Å². The average Bonchev–Trinajstić information content (AvgIpc) is 2.54. The van der Waals surface area contributed by atoms with Gasteiger partial charge in [0.05, 0.1) is 24.9 Å². The summed E-state index contributed by atoms with van der Waals surface area (Å²) in [7, 11) is 0. The van der Waals surface area contributed by atoms with Gasteiger partial charge >= 0.3 is 0 Å². The van der Waals surface area contributed by atoms with Gasteiger partial charge in [-0.3, -0.25) is 4.90 Å². The standard InChI is InChI=1S/C22H41NO3/c1-6-10-21(4,5)19-7-11-22(12-8-19)24-13-9-20(26-22)16-23-14-17(2)25-18(3)15-23/h17-20H,6-16H2,1-5H3. The fourth-order valence-corrected chi connectivity index (χ4v) is 5.57. The molecule has 3 atom stereocenters. The molecule has 4 heteroatoms. The Kier molecular flexibility index (Phi) is 6.70. The van der Waals surface area contributed by atoms with Gasteiger partial charge in [0.15, 0.2) is 5.79 Å². The smallest absolute Gasteiger partial charge is 0.168 e. The highest BCUT2D eigenvalue weighted by Crippen LogP contribution is 2.47. The Morgan fingerprint density at radius 1 is 1.04 bits per heavy atom. The fraction of sp³-hybridized carbons (Fsp3) is 1.00. The number of nitrogens with zero attached hydrogens (tertiary/aromatic N) is 1. The van der Waals surface area contributed by atoms with Gasteiger partial charge in [0.1, 0.15) is 0 Å². The first-order valence-electron chi connectivity index (χ1n) is 11.0. The van der Waals surface area contributed by atoms with Crippen molar-refractivity contribution in [3.05, 3.63) is 0 Å². The summed E-state index contributed by atoms with van der Waals surface area (Å²) in [6, 6.07) is 0. The van der Waals surface area contributed by atoms with Crippen LogP contribution in [-0.2, 0) is 14.2 Å². The molecule has 0 amide bonds. The second kappa shape index (κ2) is 8.46. The number of rotatable bonds is 5. The summed E-state index contributed by atoms with van der Waals surface area (Å²) in [5.41, 5.74) is 0.449. The molecule has 152 valence electrons. The third kappa shape index (κ3) is 5.01. The van der Waals surface area contributed by atoms with Crippen molar-refractivity contribution >= 4 is 0 Å². The monoisotopic (exact) mass is 367 g/mol. The van der Waals surface area contributed by atoms with Crippen molar-refractivity contribution in [2.75, 3.05) is 26.2 Å². The molecule has 1 saturated carbocycles. The lowest BCUT2D eigenvalue weighted by molar-refractivity contribution is -0.312. The van der Waals surface area contributed by atoms with E-state index in [2.05, 4.69) is 39.5 Å². The first kappa shape index (κ1) is 20.6. The van der Waals surface area contributed by atoms with Crippen LogP contribution < -0.4 is 0 Å². The topological polar surface area (TPSA) is 30.9 Å². The maximum atomic E-state index is 6.60. The average molecular weight is 368 g/mol. The first-order chi connectivity index (χ1) is 12.3. The normalized spacial score (nSPS) is 40.0. The third-order valence-electron chi connectivity index (χ3n) is 6.89. The predicted octanol–water partition coefficient (Wildman–Crippen LogP) is 4.61. The van der Waals surface area contributed by atoms with Crippen LogP contribution >= 0.6 is 0 Å². The summed E-state index contributed by atoms with van der Waals surface area (Å²) in [6.45, 7) is 15.5. The molecule has 0 aromatic carbocycles. The molecule has 0 radical (unpaired) electrons. The van der Waals surface area contributed by atoms with Crippen LogP contribution in [0.15, 0.2) is 0 Å². The Balaban J connectivity index is 1.52. The van der Waals surface area contributed by atoms with E-state index in [0.717, 1.165) is 51.4 Å². The van der Waals surface area contributed by atoms with E-state index in [1.165, 1.54) is 25.7 Å². The molecule has 3 fully saturated rings. The van der Waals surface area contributed by atoms with Crippen LogP contribution in [0, 0.1) is 11.3 Å². The molecular formula is C22H41NO3. The van der Waals surface area contributed by atoms with E-state index in [0.29, 0.717) is 23.7 Å². The van der Waals surface area contributed by atoms with E-state index in [-0.39, 0.29) is 5.79 Å². The van der Waals surface area contributed by atoms with Crippen LogP contribution in [0.2, 0.25) is 0 Å². The molecule has 2 aliphatic heterocycles. The largest absolute Gasteiger partial charge is 0.373 e. The lowest BCUT2D eigenvalue weighted by Crippen LogP contribution is -2.53. The zero-order valence-electron chi connectivity index (χ0n) is 17.8. The lowest BCUT2D eigenvalue weighted by Gasteiger charge is -2.49. The van der Waals surface area contributed by atoms with Crippen molar-refractivity contribution in [3.8, 4) is 0 Å². The highest BCUT2D eigenvalue weighted by molar-refractivity contribution is 4.90. The van der Waals surface area contributed by atoms with Crippen LogP contribution in [0.25, 0.3) is 0 Å². The predicted molar refractivity (Wildman–Crippen MR) is 105 cm³/mol. The van der Waals surface area contributed by atoms with Crippen molar-refractivity contribution in [1.29, 1.82) is 0 Å². The molecule has 0 aromatic heterocycles. The summed E-state index contributed by atoms with van der Waals surface area (Å²) < 4.78 is 18.7. The van der Waals surface area contributed by atoms with Gasteiger partial charge in [-0.25, -0.2) is 0 Å². The Hall–Kier alpha value is -0.160. The molecule has 3 rings (SSSR count). The van der Waals surface area contributed by atoms with Crippen molar-refractivity contribution in [3.63, 3.8) is 0 Å². The molecule has 0 bridgehead atoms. The SMILES string of the molecule is CCCC(C)(C)C1CCC2(CC1)OCCC(CN1CC(C)OC(C)C1)O2. The van der Waals surface area contributed by atoms with Gasteiger partial charge in [-0.1, -0.05) is 27.2 Å². The second-order valence-corrected chi connectivity index (χ2v) is 9.78. The minimum atomic E-state index is -0.300. The Bertz CT molecular complexity index is 435. The van der Waals surface area contributed by atoms with Gasteiger partial charge in [-0.05, 0) is 50.9 Å². The molecule has 0 N–H and O–H groups in total. The zero-order chi connectivity index (χ0) is 18.8. The molecule has 3 unspecified atom stereocenters. The lowest BCUT2D eigenvalue weighted by atomic mass is 9.67. The number of hydrogen-bond donors (Lipinski definition) is 0. The minimum absolute atomic E-state index is 0.300. The Labute approximate surface area is 160 Å². The Morgan fingerprint density at radius 2 is 1.69 bits per heavy atom. The fourth-order valence-electron chi connectivity index (χ4n) is 5.57. The van der Waals surface area contributed by atoms with Crippen LogP contribution in [0.1, 0.15) is 79.6 Å². The molecule has 4 nitrogen and oxygen atoms in total. The molecule has 2 saturated heterocycles. The maximum Gasteiger partial charge on any atom is 0.168 e. The van der Waals surface area contributed by atoms with Crippen molar-refractivity contribution < 1.29 is 14.2 Å². The molecule has 2 heterocycles. The summed E-state index contributed by atoms with van der Waals surface area (Å²) in [4.78, 5) is 2.53. The van der Waals surface area contributed by atoms with E-state index in [9.17, 15) is 0 Å². The van der Waals surface area contributed by atoms with E-state index in [1.54, 1.807) is 0 Å². The number of ether oxygens (including phenoxy) is 3. The third-order valence-corrected chi connectivity index (χ3v) is 6.89. The second-order valence-electron chi connectivity index (χ2n) is 9.78. The molecule has 26 heavy (non-hydrogen) atoms. The van der Waals surface area contributed by atoms with Gasteiger partial charge in [-0.15, -0.1) is 0 Å². The van der Waals surface area contributed by atoms with Crippen LogP contribution in [0.5, 0.6) is 0 Å². The maximum absolute atomic E-state index is 6.60. The van der Waals surface area contributed by atoms with Crippen molar-refractivity contribution in [1.82, 2.24) is 4.90 Å². The van der Waals surface area contributed by atoms with Crippen LogP contribution in [0.4, 0.5) is 0 Å². The molecule has 0 aromatic rings. The first-order valence-corrected chi connectivity index (χ1v) is 11.0.